The summed E-state index contributed by atoms with van der Waals surface area (Å²) in [6.45, 7) is 7.65. The number of hydrogen-bond acceptors (Lipinski definition) is 3. The molecule has 32 heavy (non-hydrogen) atoms. The van der Waals surface area contributed by atoms with E-state index in [1.165, 1.54) is 24.0 Å². The Labute approximate surface area is 197 Å². The van der Waals surface area contributed by atoms with Gasteiger partial charge in [-0.3, -0.25) is 4.79 Å². The number of rotatable bonds is 6. The molecule has 3 rings (SSSR count). The van der Waals surface area contributed by atoms with Gasteiger partial charge in [0.25, 0.3) is 0 Å². The average Bonchev–Trinajstić information content (AvgIpc) is 3.17. The highest BCUT2D eigenvalue weighted by molar-refractivity contribution is 6.32. The molecule has 0 saturated heterocycles. The van der Waals surface area contributed by atoms with Crippen molar-refractivity contribution >= 4 is 29.7 Å². The van der Waals surface area contributed by atoms with Crippen molar-refractivity contribution in [3.8, 4) is 0 Å². The van der Waals surface area contributed by atoms with E-state index in [-0.39, 0.29) is 17.9 Å². The molecule has 0 atom stereocenters. The van der Waals surface area contributed by atoms with E-state index in [1.54, 1.807) is 4.90 Å². The number of unbranched alkanes of at least 4 members (excludes halogenated alkanes) is 1. The Morgan fingerprint density at radius 3 is 2.62 bits per heavy atom. The summed E-state index contributed by atoms with van der Waals surface area (Å²) in [5.41, 5.74) is 3.01. The van der Waals surface area contributed by atoms with Crippen LogP contribution < -0.4 is 5.32 Å². The Hall–Kier alpha value is -2.01. The fourth-order valence-electron chi connectivity index (χ4n) is 4.48. The van der Waals surface area contributed by atoms with Crippen LogP contribution >= 0.6 is 11.6 Å². The number of nitrogens with zero attached hydrogens (tertiary/aromatic N) is 1. The lowest BCUT2D eigenvalue weighted by Gasteiger charge is -2.26. The SMILES string of the molecule is CC(C)(C)OC(=O)N1CCc2ccc(Cl)c(/C=C\CCCNC(=O)C3CCCC3)c2CC1. The average molecular weight is 461 g/mol. The molecule has 1 N–H and O–H groups in total. The number of nitrogens with one attached hydrogen (secondary N) is 1. The first-order chi connectivity index (χ1) is 15.2. The van der Waals surface area contributed by atoms with Crippen LogP contribution in [0.15, 0.2) is 18.2 Å². The second kappa shape index (κ2) is 11.2. The highest BCUT2D eigenvalue weighted by Gasteiger charge is 2.25. The van der Waals surface area contributed by atoms with E-state index in [1.807, 2.05) is 26.8 Å². The van der Waals surface area contributed by atoms with Gasteiger partial charge in [-0.2, -0.15) is 0 Å². The first kappa shape index (κ1) is 24.6. The molecule has 1 saturated carbocycles. The summed E-state index contributed by atoms with van der Waals surface area (Å²) in [6.07, 6.45) is 11.8. The van der Waals surface area contributed by atoms with Gasteiger partial charge in [0.15, 0.2) is 0 Å². The molecule has 5 nitrogen and oxygen atoms in total. The molecular formula is C26H37ClN2O3. The van der Waals surface area contributed by atoms with Gasteiger partial charge in [-0.15, -0.1) is 0 Å². The second-order valence-electron chi connectivity index (χ2n) is 9.88. The molecule has 0 aromatic heterocycles. The summed E-state index contributed by atoms with van der Waals surface area (Å²) in [6, 6.07) is 4.02. The Kier molecular flexibility index (Phi) is 8.64. The van der Waals surface area contributed by atoms with Gasteiger partial charge in [0.1, 0.15) is 5.60 Å². The van der Waals surface area contributed by atoms with Crippen molar-refractivity contribution in [1.29, 1.82) is 0 Å². The standard InChI is InChI=1S/C26H37ClN2O3/c1-26(2,3)32-25(31)29-17-14-19-12-13-23(27)22(21(19)15-18-29)11-5-4-8-16-28-24(30)20-9-6-7-10-20/h5,11-13,20H,4,6-10,14-18H2,1-3H3,(H,28,30)/b11-5-. The molecule has 1 aromatic carbocycles. The molecule has 1 aromatic rings. The molecule has 0 bridgehead atoms. The van der Waals surface area contributed by atoms with Crippen LogP contribution in [0.25, 0.3) is 6.08 Å². The quantitative estimate of drug-likeness (QED) is 0.547. The van der Waals surface area contributed by atoms with Crippen LogP contribution in [0.5, 0.6) is 0 Å². The molecular weight excluding hydrogens is 424 g/mol. The van der Waals surface area contributed by atoms with E-state index < -0.39 is 5.60 Å². The topological polar surface area (TPSA) is 58.6 Å². The number of fused-ring (bicyclic) bond motifs is 1. The largest absolute Gasteiger partial charge is 0.444 e. The van der Waals surface area contributed by atoms with Crippen molar-refractivity contribution in [2.45, 2.75) is 77.7 Å². The zero-order chi connectivity index (χ0) is 23.1. The minimum atomic E-state index is -0.496. The van der Waals surface area contributed by atoms with E-state index in [4.69, 9.17) is 16.3 Å². The zero-order valence-corrected chi connectivity index (χ0v) is 20.5. The zero-order valence-electron chi connectivity index (χ0n) is 19.7. The molecule has 1 aliphatic carbocycles. The number of carbonyl (C=O) groups is 2. The molecule has 1 aliphatic heterocycles. The van der Waals surface area contributed by atoms with Crippen LogP contribution in [0.2, 0.25) is 5.02 Å². The summed E-state index contributed by atoms with van der Waals surface area (Å²) >= 11 is 6.54. The number of allylic oxidation sites excluding steroid dienone is 1. The number of halogens is 1. The number of amides is 2. The fraction of sp³-hybridized carbons (Fsp3) is 0.615. The van der Waals surface area contributed by atoms with Crippen molar-refractivity contribution in [3.63, 3.8) is 0 Å². The molecule has 2 amide bonds. The summed E-state index contributed by atoms with van der Waals surface area (Å²) in [5.74, 6) is 0.446. The molecule has 0 unspecified atom stereocenters. The Bertz CT molecular complexity index is 838. The van der Waals surface area contributed by atoms with Crippen LogP contribution in [0.3, 0.4) is 0 Å². The third-order valence-corrected chi connectivity index (χ3v) is 6.52. The predicted molar refractivity (Wildman–Crippen MR) is 130 cm³/mol. The summed E-state index contributed by atoms with van der Waals surface area (Å²) in [4.78, 5) is 26.4. The van der Waals surface area contributed by atoms with E-state index >= 15 is 0 Å². The molecule has 2 aliphatic rings. The van der Waals surface area contributed by atoms with Gasteiger partial charge in [-0.25, -0.2) is 4.79 Å². The van der Waals surface area contributed by atoms with E-state index in [9.17, 15) is 9.59 Å². The number of carbonyl (C=O) groups excluding carboxylic acids is 2. The molecule has 1 heterocycles. The third kappa shape index (κ3) is 6.99. The van der Waals surface area contributed by atoms with Gasteiger partial charge in [0, 0.05) is 30.6 Å². The Balaban J connectivity index is 1.54. The predicted octanol–water partition coefficient (Wildman–Crippen LogP) is 5.78. The maximum absolute atomic E-state index is 12.5. The number of benzene rings is 1. The minimum Gasteiger partial charge on any atom is -0.444 e. The smallest absolute Gasteiger partial charge is 0.410 e. The molecule has 0 radical (unpaired) electrons. The Morgan fingerprint density at radius 1 is 1.19 bits per heavy atom. The summed E-state index contributed by atoms with van der Waals surface area (Å²) in [5, 5.41) is 3.81. The Morgan fingerprint density at radius 2 is 1.91 bits per heavy atom. The van der Waals surface area contributed by atoms with Crippen LogP contribution in [-0.4, -0.2) is 42.1 Å². The number of ether oxygens (including phenoxy) is 1. The molecule has 6 heteroatoms. The fourth-order valence-corrected chi connectivity index (χ4v) is 4.72. The second-order valence-corrected chi connectivity index (χ2v) is 10.3. The van der Waals surface area contributed by atoms with Crippen LogP contribution in [-0.2, 0) is 22.4 Å². The van der Waals surface area contributed by atoms with Gasteiger partial charge in [-0.1, -0.05) is 42.7 Å². The van der Waals surface area contributed by atoms with Gasteiger partial charge >= 0.3 is 6.09 Å². The van der Waals surface area contributed by atoms with Crippen molar-refractivity contribution in [3.05, 3.63) is 39.9 Å². The van der Waals surface area contributed by atoms with Gasteiger partial charge in [-0.05, 0) is 82.1 Å². The maximum Gasteiger partial charge on any atom is 0.410 e. The van der Waals surface area contributed by atoms with Crippen LogP contribution in [0, 0.1) is 5.92 Å². The monoisotopic (exact) mass is 460 g/mol. The number of hydrogen-bond donors (Lipinski definition) is 1. The van der Waals surface area contributed by atoms with Crippen molar-refractivity contribution in [2.24, 2.45) is 5.92 Å². The molecule has 176 valence electrons. The van der Waals surface area contributed by atoms with Crippen LogP contribution in [0.1, 0.15) is 76.0 Å². The van der Waals surface area contributed by atoms with Crippen molar-refractivity contribution in [2.75, 3.05) is 19.6 Å². The molecule has 0 spiro atoms. The lowest BCUT2D eigenvalue weighted by molar-refractivity contribution is -0.124. The van der Waals surface area contributed by atoms with E-state index in [0.717, 1.165) is 49.1 Å². The highest BCUT2D eigenvalue weighted by atomic mass is 35.5. The summed E-state index contributed by atoms with van der Waals surface area (Å²) < 4.78 is 5.55. The highest BCUT2D eigenvalue weighted by Crippen LogP contribution is 2.29. The first-order valence-corrected chi connectivity index (χ1v) is 12.3. The first-order valence-electron chi connectivity index (χ1n) is 12.0. The molecule has 1 fully saturated rings. The van der Waals surface area contributed by atoms with E-state index in [0.29, 0.717) is 19.6 Å². The lowest BCUT2D eigenvalue weighted by Crippen LogP contribution is -2.38. The maximum atomic E-state index is 12.5. The summed E-state index contributed by atoms with van der Waals surface area (Å²) in [7, 11) is 0. The third-order valence-electron chi connectivity index (χ3n) is 6.19. The van der Waals surface area contributed by atoms with Crippen molar-refractivity contribution < 1.29 is 14.3 Å². The van der Waals surface area contributed by atoms with Gasteiger partial charge in [0.05, 0.1) is 0 Å². The lowest BCUT2D eigenvalue weighted by atomic mass is 9.96. The van der Waals surface area contributed by atoms with Gasteiger partial charge < -0.3 is 15.0 Å². The van der Waals surface area contributed by atoms with E-state index in [2.05, 4.69) is 23.5 Å². The van der Waals surface area contributed by atoms with Crippen molar-refractivity contribution in [1.82, 2.24) is 10.2 Å². The normalized spacial score (nSPS) is 17.3. The van der Waals surface area contributed by atoms with Gasteiger partial charge in [0.2, 0.25) is 5.91 Å². The minimum absolute atomic E-state index is 0.220. The van der Waals surface area contributed by atoms with Crippen LogP contribution in [0.4, 0.5) is 4.79 Å².